The molecule has 12 heteroatoms. The van der Waals surface area contributed by atoms with Gasteiger partial charge < -0.3 is 25.3 Å². The number of carbonyl (C=O) groups excluding carboxylic acids is 4. The Morgan fingerprint density at radius 3 is 2.47 bits per heavy atom. The van der Waals surface area contributed by atoms with Gasteiger partial charge in [-0.15, -0.1) is 10.2 Å². The Hall–Kier alpha value is -3.80. The molecule has 4 atom stereocenters. The molecule has 1 aromatic heterocycles. The summed E-state index contributed by atoms with van der Waals surface area (Å²) >= 11 is 0. The summed E-state index contributed by atoms with van der Waals surface area (Å²) in [6.07, 6.45) is 1.57. The monoisotopic (exact) mass is 525 g/mol. The van der Waals surface area contributed by atoms with Crippen molar-refractivity contribution in [2.75, 3.05) is 19.6 Å². The molecule has 2 bridgehead atoms. The number of rotatable bonds is 3. The molecule has 38 heavy (non-hydrogen) atoms. The summed E-state index contributed by atoms with van der Waals surface area (Å²) in [4.78, 5) is 53.5. The maximum absolute atomic E-state index is 13.3. The molecule has 2 aliphatic rings. The van der Waals surface area contributed by atoms with E-state index in [1.165, 1.54) is 0 Å². The number of carbonyl (C=O) groups is 4. The molecule has 204 valence electrons. The third-order valence-corrected chi connectivity index (χ3v) is 6.68. The van der Waals surface area contributed by atoms with Crippen LogP contribution in [0.5, 0.6) is 0 Å². The van der Waals surface area contributed by atoms with Gasteiger partial charge in [-0.2, -0.15) is 0 Å². The fraction of sp³-hybridized carbons (Fsp3) is 0.538. The van der Waals surface area contributed by atoms with Crippen LogP contribution in [0.2, 0.25) is 0 Å². The fourth-order valence-electron chi connectivity index (χ4n) is 4.78. The molecule has 4 rings (SSSR count). The minimum absolute atomic E-state index is 0.0662. The lowest BCUT2D eigenvalue weighted by atomic mass is 10.0. The number of fused-ring (bicyclic) bond motifs is 3. The second-order valence-corrected chi connectivity index (χ2v) is 10.1. The number of hydrogen-bond acceptors (Lipinski definition) is 8. The maximum atomic E-state index is 13.3. The van der Waals surface area contributed by atoms with E-state index in [1.807, 2.05) is 44.2 Å². The van der Waals surface area contributed by atoms with Crippen LogP contribution in [0.15, 0.2) is 34.7 Å². The normalized spacial score (nSPS) is 25.7. The Morgan fingerprint density at radius 1 is 1.00 bits per heavy atom. The van der Waals surface area contributed by atoms with Gasteiger partial charge in [-0.25, -0.2) is 0 Å². The van der Waals surface area contributed by atoms with Crippen molar-refractivity contribution in [3.8, 4) is 0 Å². The molecule has 1 aromatic carbocycles. The van der Waals surface area contributed by atoms with Crippen molar-refractivity contribution in [2.45, 2.75) is 64.2 Å². The number of benzene rings is 1. The predicted octanol–water partition coefficient (Wildman–Crippen LogP) is 0.578. The summed E-state index contributed by atoms with van der Waals surface area (Å²) in [5.74, 6) is -0.969. The molecule has 1 saturated heterocycles. The highest BCUT2D eigenvalue weighted by molar-refractivity contribution is 5.94. The fourth-order valence-corrected chi connectivity index (χ4v) is 4.78. The highest BCUT2D eigenvalue weighted by Crippen LogP contribution is 2.24. The van der Waals surface area contributed by atoms with E-state index in [9.17, 15) is 19.2 Å². The highest BCUT2D eigenvalue weighted by Gasteiger charge is 2.36. The molecular weight excluding hydrogens is 490 g/mol. The first-order chi connectivity index (χ1) is 18.2. The van der Waals surface area contributed by atoms with Crippen molar-refractivity contribution >= 4 is 23.6 Å². The van der Waals surface area contributed by atoms with Gasteiger partial charge in [0.1, 0.15) is 24.2 Å². The minimum Gasteiger partial charge on any atom is -0.421 e. The smallest absolute Gasteiger partial charge is 0.243 e. The number of nitrogens with one attached hydrogen (secondary N) is 4. The molecule has 0 aliphatic carbocycles. The van der Waals surface area contributed by atoms with Gasteiger partial charge in [0.25, 0.3) is 0 Å². The molecule has 0 saturated carbocycles. The average molecular weight is 526 g/mol. The second-order valence-electron chi connectivity index (χ2n) is 10.1. The SMILES string of the molecule is CC(C)C[C@@H]1NC(=O)[C@@H]2CCCN2C(=O)CNC(c2ccccc2)c2nnc(o2)[C@H](C)NC(=O)CNC1=O. The van der Waals surface area contributed by atoms with Gasteiger partial charge in [0, 0.05) is 6.54 Å². The number of amides is 4. The third kappa shape index (κ3) is 6.55. The highest BCUT2D eigenvalue weighted by atomic mass is 16.4. The van der Waals surface area contributed by atoms with E-state index in [0.29, 0.717) is 25.8 Å². The van der Waals surface area contributed by atoms with Crippen molar-refractivity contribution in [3.05, 3.63) is 47.7 Å². The first-order valence-corrected chi connectivity index (χ1v) is 13.0. The lowest BCUT2D eigenvalue weighted by Gasteiger charge is -2.27. The zero-order chi connectivity index (χ0) is 27.2. The molecule has 4 N–H and O–H groups in total. The Bertz CT molecular complexity index is 1150. The van der Waals surface area contributed by atoms with Crippen LogP contribution >= 0.6 is 0 Å². The van der Waals surface area contributed by atoms with Crippen LogP contribution < -0.4 is 21.3 Å². The zero-order valence-electron chi connectivity index (χ0n) is 21.9. The van der Waals surface area contributed by atoms with Gasteiger partial charge in [0.15, 0.2) is 0 Å². The average Bonchev–Trinajstić information content (AvgIpc) is 3.57. The van der Waals surface area contributed by atoms with Gasteiger partial charge in [0.05, 0.1) is 13.1 Å². The van der Waals surface area contributed by atoms with Crippen LogP contribution in [0.1, 0.15) is 69.5 Å². The van der Waals surface area contributed by atoms with E-state index >= 15 is 0 Å². The van der Waals surface area contributed by atoms with Crippen LogP contribution in [-0.2, 0) is 19.2 Å². The number of nitrogens with zero attached hydrogens (tertiary/aromatic N) is 3. The summed E-state index contributed by atoms with van der Waals surface area (Å²) < 4.78 is 5.90. The van der Waals surface area contributed by atoms with Crippen LogP contribution in [0.4, 0.5) is 0 Å². The van der Waals surface area contributed by atoms with E-state index in [0.717, 1.165) is 5.56 Å². The van der Waals surface area contributed by atoms with Crippen LogP contribution in [0.25, 0.3) is 0 Å². The minimum atomic E-state index is -0.830. The second kappa shape index (κ2) is 12.2. The Morgan fingerprint density at radius 2 is 1.74 bits per heavy atom. The largest absolute Gasteiger partial charge is 0.421 e. The predicted molar refractivity (Wildman–Crippen MR) is 136 cm³/mol. The first-order valence-electron chi connectivity index (χ1n) is 13.0. The summed E-state index contributed by atoms with van der Waals surface area (Å²) in [6.45, 7) is 5.67. The van der Waals surface area contributed by atoms with Gasteiger partial charge in [-0.3, -0.25) is 24.5 Å². The molecule has 2 aromatic rings. The topological polar surface area (TPSA) is 159 Å². The van der Waals surface area contributed by atoms with Crippen molar-refractivity contribution < 1.29 is 23.6 Å². The molecule has 4 amide bonds. The Balaban J connectivity index is 1.63. The van der Waals surface area contributed by atoms with Crippen molar-refractivity contribution in [3.63, 3.8) is 0 Å². The summed E-state index contributed by atoms with van der Waals surface area (Å²) in [7, 11) is 0. The molecule has 1 unspecified atom stereocenters. The van der Waals surface area contributed by atoms with Gasteiger partial charge >= 0.3 is 0 Å². The molecular formula is C26H35N7O5. The Labute approximate surface area is 221 Å². The van der Waals surface area contributed by atoms with E-state index in [2.05, 4.69) is 31.5 Å². The van der Waals surface area contributed by atoms with Crippen LogP contribution in [0, 0.1) is 5.92 Å². The van der Waals surface area contributed by atoms with Crippen molar-refractivity contribution in [2.24, 2.45) is 5.92 Å². The zero-order valence-corrected chi connectivity index (χ0v) is 21.9. The number of aromatic nitrogens is 2. The van der Waals surface area contributed by atoms with E-state index < -0.39 is 36.0 Å². The number of hydrogen-bond donors (Lipinski definition) is 4. The summed E-state index contributed by atoms with van der Waals surface area (Å²) in [6, 6.07) is 6.68. The lowest BCUT2D eigenvalue weighted by molar-refractivity contribution is -0.139. The van der Waals surface area contributed by atoms with Gasteiger partial charge in [-0.1, -0.05) is 44.2 Å². The summed E-state index contributed by atoms with van der Waals surface area (Å²) in [5.41, 5.74) is 0.816. The van der Waals surface area contributed by atoms with E-state index in [4.69, 9.17) is 4.42 Å². The first kappa shape index (κ1) is 27.2. The quantitative estimate of drug-likeness (QED) is 0.453. The molecule has 3 heterocycles. The Kier molecular flexibility index (Phi) is 8.72. The van der Waals surface area contributed by atoms with Crippen molar-refractivity contribution in [1.29, 1.82) is 0 Å². The maximum Gasteiger partial charge on any atom is 0.243 e. The standard InChI is InChI=1S/C26H35N7O5/c1-15(2)12-18-23(36)28-13-20(34)29-16(3)25-31-32-26(38-25)22(17-8-5-4-6-9-17)27-14-21(35)33-11-7-10-19(33)24(37)30-18/h4-6,8-9,15-16,18-19,22,27H,7,10-14H2,1-3H3,(H,28,36)(H,29,34)(H,30,37)/t16-,18-,19-,22?/m0/s1. The lowest BCUT2D eigenvalue weighted by Crippen LogP contribution is -2.55. The van der Waals surface area contributed by atoms with Gasteiger partial charge in [-0.05, 0) is 37.7 Å². The van der Waals surface area contributed by atoms with E-state index in [1.54, 1.807) is 11.8 Å². The van der Waals surface area contributed by atoms with Crippen LogP contribution in [0.3, 0.4) is 0 Å². The summed E-state index contributed by atoms with van der Waals surface area (Å²) in [5, 5.41) is 19.6. The van der Waals surface area contributed by atoms with E-state index in [-0.39, 0.29) is 42.6 Å². The molecule has 2 aliphatic heterocycles. The third-order valence-electron chi connectivity index (χ3n) is 6.68. The molecule has 1 fully saturated rings. The molecule has 12 nitrogen and oxygen atoms in total. The van der Waals surface area contributed by atoms with Crippen molar-refractivity contribution in [1.82, 2.24) is 36.4 Å². The molecule has 0 spiro atoms. The van der Waals surface area contributed by atoms with Gasteiger partial charge in [0.2, 0.25) is 35.4 Å². The molecule has 0 radical (unpaired) electrons. The van der Waals surface area contributed by atoms with Crippen LogP contribution in [-0.4, -0.2) is 70.4 Å².